The maximum absolute atomic E-state index is 13.6. The van der Waals surface area contributed by atoms with Crippen LogP contribution >= 0.6 is 0 Å². The summed E-state index contributed by atoms with van der Waals surface area (Å²) in [7, 11) is 0. The van der Waals surface area contributed by atoms with Gasteiger partial charge in [0, 0.05) is 25.9 Å². The predicted octanol–water partition coefficient (Wildman–Crippen LogP) is 6.70. The Morgan fingerprint density at radius 2 is 1.32 bits per heavy atom. The predicted molar refractivity (Wildman–Crippen MR) is 173 cm³/mol. The van der Waals surface area contributed by atoms with E-state index in [0.717, 1.165) is 48.1 Å². The summed E-state index contributed by atoms with van der Waals surface area (Å²) in [5.41, 5.74) is 3.14. The Kier molecular flexibility index (Phi) is 11.6. The molecule has 2 amide bonds. The van der Waals surface area contributed by atoms with Gasteiger partial charge in [-0.3, -0.25) is 14.4 Å². The number of amides is 2. The van der Waals surface area contributed by atoms with Gasteiger partial charge in [-0.05, 0) is 59.9 Å². The smallest absolute Gasteiger partial charge is 0.226 e. The molecule has 2 fully saturated rings. The van der Waals surface area contributed by atoms with E-state index in [0.29, 0.717) is 51.3 Å². The van der Waals surface area contributed by atoms with E-state index in [1.54, 1.807) is 0 Å². The molecule has 1 aliphatic heterocycles. The maximum Gasteiger partial charge on any atom is 0.226 e. The first kappa shape index (κ1) is 31.5. The molecular formula is C38H46N2O4. The summed E-state index contributed by atoms with van der Waals surface area (Å²) in [5.74, 6) is 1.62. The molecule has 0 spiro atoms. The lowest BCUT2D eigenvalue weighted by atomic mass is 9.84. The largest absolute Gasteiger partial charge is 0.489 e. The minimum Gasteiger partial charge on any atom is -0.489 e. The van der Waals surface area contributed by atoms with Crippen LogP contribution in [0.2, 0.25) is 0 Å². The van der Waals surface area contributed by atoms with Gasteiger partial charge in [-0.25, -0.2) is 0 Å². The summed E-state index contributed by atoms with van der Waals surface area (Å²) >= 11 is 0. The Bertz CT molecular complexity index is 1330. The Labute approximate surface area is 262 Å². The molecule has 0 aromatic heterocycles. The molecule has 6 heteroatoms. The molecule has 1 saturated carbocycles. The maximum atomic E-state index is 13.6. The van der Waals surface area contributed by atoms with E-state index in [-0.39, 0.29) is 23.5 Å². The van der Waals surface area contributed by atoms with Crippen LogP contribution in [0.25, 0.3) is 0 Å². The Balaban J connectivity index is 1.13. The van der Waals surface area contributed by atoms with Crippen molar-refractivity contribution in [3.05, 3.63) is 102 Å². The second kappa shape index (κ2) is 16.2. The summed E-state index contributed by atoms with van der Waals surface area (Å²) in [5, 5.41) is 3.13. The van der Waals surface area contributed by atoms with E-state index in [2.05, 4.69) is 5.32 Å². The molecule has 5 rings (SSSR count). The van der Waals surface area contributed by atoms with E-state index in [1.165, 1.54) is 19.3 Å². The number of likely N-dealkylation sites (tertiary alicyclic amines) is 1. The molecule has 6 nitrogen and oxygen atoms in total. The number of hydrogen-bond acceptors (Lipinski definition) is 4. The molecule has 232 valence electrons. The first-order valence-electron chi connectivity index (χ1n) is 16.4. The lowest BCUT2D eigenvalue weighted by Crippen LogP contribution is -2.45. The van der Waals surface area contributed by atoms with Crippen LogP contribution in [0.5, 0.6) is 5.75 Å². The third-order valence-electron chi connectivity index (χ3n) is 9.19. The van der Waals surface area contributed by atoms with Crippen molar-refractivity contribution in [2.24, 2.45) is 11.8 Å². The minimum absolute atomic E-state index is 0.0659. The van der Waals surface area contributed by atoms with Gasteiger partial charge < -0.3 is 15.0 Å². The summed E-state index contributed by atoms with van der Waals surface area (Å²) < 4.78 is 5.94. The van der Waals surface area contributed by atoms with Crippen molar-refractivity contribution in [3.8, 4) is 5.75 Å². The number of ketones is 1. The summed E-state index contributed by atoms with van der Waals surface area (Å²) in [4.78, 5) is 41.5. The molecule has 3 aromatic rings. The first-order valence-corrected chi connectivity index (χ1v) is 16.4. The average Bonchev–Trinajstić information content (AvgIpc) is 3.06. The van der Waals surface area contributed by atoms with Gasteiger partial charge in [-0.15, -0.1) is 0 Å². The zero-order valence-electron chi connectivity index (χ0n) is 25.8. The zero-order chi connectivity index (χ0) is 30.6. The lowest BCUT2D eigenvalue weighted by Gasteiger charge is -2.32. The molecule has 0 unspecified atom stereocenters. The number of carbonyl (C=O) groups excluding carboxylic acids is 3. The van der Waals surface area contributed by atoms with Crippen LogP contribution in [0.1, 0.15) is 74.5 Å². The topological polar surface area (TPSA) is 75.7 Å². The van der Waals surface area contributed by atoms with E-state index in [4.69, 9.17) is 4.74 Å². The molecule has 0 bridgehead atoms. The van der Waals surface area contributed by atoms with E-state index in [1.807, 2.05) is 89.8 Å². The normalized spacial score (nSPS) is 16.7. The Hall–Kier alpha value is -3.93. The van der Waals surface area contributed by atoms with Crippen molar-refractivity contribution in [2.45, 2.75) is 83.3 Å². The molecule has 2 aliphatic rings. The second-order valence-electron chi connectivity index (χ2n) is 12.6. The quantitative estimate of drug-likeness (QED) is 0.239. The van der Waals surface area contributed by atoms with Gasteiger partial charge in [0.05, 0.1) is 12.5 Å². The van der Waals surface area contributed by atoms with Crippen LogP contribution in [0.15, 0.2) is 84.9 Å². The number of ether oxygens (including phenoxy) is 1. The monoisotopic (exact) mass is 594 g/mol. The summed E-state index contributed by atoms with van der Waals surface area (Å²) in [6.45, 7) is 1.84. The van der Waals surface area contributed by atoms with Crippen molar-refractivity contribution in [1.82, 2.24) is 10.2 Å². The third-order valence-corrected chi connectivity index (χ3v) is 9.19. The second-order valence-corrected chi connectivity index (χ2v) is 12.6. The molecular weight excluding hydrogens is 548 g/mol. The number of Topliss-reactive ketones (excluding diaryl/α,β-unsaturated/α-hetero) is 1. The van der Waals surface area contributed by atoms with E-state index in [9.17, 15) is 14.4 Å². The Morgan fingerprint density at radius 3 is 1.98 bits per heavy atom. The number of benzene rings is 3. The van der Waals surface area contributed by atoms with Crippen LogP contribution < -0.4 is 10.1 Å². The van der Waals surface area contributed by atoms with Crippen molar-refractivity contribution in [2.75, 3.05) is 13.1 Å². The first-order chi connectivity index (χ1) is 21.5. The van der Waals surface area contributed by atoms with Crippen LogP contribution in [-0.4, -0.2) is 41.6 Å². The highest BCUT2D eigenvalue weighted by Gasteiger charge is 2.28. The number of nitrogens with one attached hydrogen (secondary N) is 1. The number of rotatable bonds is 13. The highest BCUT2D eigenvalue weighted by Crippen LogP contribution is 2.28. The van der Waals surface area contributed by atoms with Crippen molar-refractivity contribution >= 4 is 17.6 Å². The van der Waals surface area contributed by atoms with E-state index < -0.39 is 6.04 Å². The zero-order valence-corrected chi connectivity index (χ0v) is 25.8. The Morgan fingerprint density at radius 1 is 0.705 bits per heavy atom. The van der Waals surface area contributed by atoms with Gasteiger partial charge >= 0.3 is 0 Å². The van der Waals surface area contributed by atoms with Gasteiger partial charge in [0.2, 0.25) is 11.8 Å². The molecule has 3 aromatic carbocycles. The average molecular weight is 595 g/mol. The fraction of sp³-hybridized carbons (Fsp3) is 0.447. The van der Waals surface area contributed by atoms with E-state index >= 15 is 0 Å². The number of carbonyl (C=O) groups is 3. The molecule has 1 N–H and O–H groups in total. The highest BCUT2D eigenvalue weighted by molar-refractivity contribution is 5.89. The molecule has 0 radical (unpaired) electrons. The van der Waals surface area contributed by atoms with Crippen molar-refractivity contribution in [3.63, 3.8) is 0 Å². The number of hydrogen-bond donors (Lipinski definition) is 1. The molecule has 1 heterocycles. The van der Waals surface area contributed by atoms with Crippen molar-refractivity contribution in [1.29, 1.82) is 0 Å². The van der Waals surface area contributed by atoms with Crippen LogP contribution in [0, 0.1) is 11.8 Å². The van der Waals surface area contributed by atoms with Gasteiger partial charge in [0.25, 0.3) is 0 Å². The molecule has 1 aliphatic carbocycles. The lowest BCUT2D eigenvalue weighted by molar-refractivity contribution is -0.132. The number of nitrogens with zero attached hydrogens (tertiary/aromatic N) is 1. The van der Waals surface area contributed by atoms with Gasteiger partial charge in [-0.2, -0.15) is 0 Å². The van der Waals surface area contributed by atoms with Gasteiger partial charge in [0.1, 0.15) is 12.4 Å². The molecule has 1 saturated heterocycles. The fourth-order valence-corrected chi connectivity index (χ4v) is 6.55. The molecule has 44 heavy (non-hydrogen) atoms. The minimum atomic E-state index is -0.534. The highest BCUT2D eigenvalue weighted by atomic mass is 16.5. The summed E-state index contributed by atoms with van der Waals surface area (Å²) in [6.07, 6.45) is 9.24. The SMILES string of the molecule is O=C(CC1CCN(C(=O)Cc2ccccc2)CC1)N[C@@H](Cc1ccc(OCc2ccccc2)cc1)C(=O)CC1CCCCC1. The van der Waals surface area contributed by atoms with Crippen molar-refractivity contribution < 1.29 is 19.1 Å². The van der Waals surface area contributed by atoms with Gasteiger partial charge in [-0.1, -0.05) is 105 Å². The van der Waals surface area contributed by atoms with Gasteiger partial charge in [0.15, 0.2) is 5.78 Å². The third kappa shape index (κ3) is 9.80. The molecule has 1 atom stereocenters. The summed E-state index contributed by atoms with van der Waals surface area (Å²) in [6, 6.07) is 27.2. The fourth-order valence-electron chi connectivity index (χ4n) is 6.55. The standard InChI is InChI=1S/C38H46N2O4/c41-36(25-29-10-4-1-5-11-29)35(24-31-16-18-34(19-17-31)44-28-33-14-8-3-9-15-33)39-37(42)26-32-20-22-40(23-21-32)38(43)27-30-12-6-2-7-13-30/h2-3,6-9,12-19,29,32,35H,1,4-5,10-11,20-28H2,(H,39,42)/t35-/m0/s1. The number of piperidine rings is 1. The van der Waals surface area contributed by atoms with Crippen LogP contribution in [0.4, 0.5) is 0 Å². The van der Waals surface area contributed by atoms with Crippen LogP contribution in [-0.2, 0) is 33.8 Å². The van der Waals surface area contributed by atoms with Crippen LogP contribution in [0.3, 0.4) is 0 Å².